The smallest absolute Gasteiger partial charge is 0.335 e. The number of anilines is 1. The molecular formula is C14H13NO4. The maximum Gasteiger partial charge on any atom is 0.335 e. The number of aryl methyl sites for hydroxylation is 2. The van der Waals surface area contributed by atoms with Crippen LogP contribution in [0.4, 0.5) is 5.69 Å². The highest BCUT2D eigenvalue weighted by Crippen LogP contribution is 2.16. The van der Waals surface area contributed by atoms with Crippen LogP contribution in [0.2, 0.25) is 0 Å². The zero-order valence-corrected chi connectivity index (χ0v) is 10.6. The summed E-state index contributed by atoms with van der Waals surface area (Å²) in [6.07, 6.45) is 1.38. The number of benzene rings is 1. The summed E-state index contributed by atoms with van der Waals surface area (Å²) in [4.78, 5) is 22.7. The minimum atomic E-state index is -0.985. The second-order valence-electron chi connectivity index (χ2n) is 4.24. The summed E-state index contributed by atoms with van der Waals surface area (Å²) in [7, 11) is 0. The van der Waals surface area contributed by atoms with Gasteiger partial charge in [0.2, 0.25) is 0 Å². The molecule has 2 rings (SSSR count). The summed E-state index contributed by atoms with van der Waals surface area (Å²) in [6.45, 7) is 3.43. The van der Waals surface area contributed by atoms with Crippen LogP contribution >= 0.6 is 0 Å². The van der Waals surface area contributed by atoms with Crippen molar-refractivity contribution in [2.45, 2.75) is 13.8 Å². The first-order valence-corrected chi connectivity index (χ1v) is 5.68. The molecule has 1 aromatic heterocycles. The highest BCUT2D eigenvalue weighted by atomic mass is 16.4. The molecule has 1 amide bonds. The molecule has 0 aliphatic carbocycles. The van der Waals surface area contributed by atoms with Gasteiger partial charge in [-0.1, -0.05) is 0 Å². The number of carboxylic acids is 1. The Morgan fingerprint density at radius 2 is 1.95 bits per heavy atom. The monoisotopic (exact) mass is 259 g/mol. The molecule has 5 heteroatoms. The zero-order chi connectivity index (χ0) is 14.0. The number of amides is 1. The largest absolute Gasteiger partial charge is 0.478 e. The minimum Gasteiger partial charge on any atom is -0.478 e. The molecule has 0 atom stereocenters. The predicted molar refractivity (Wildman–Crippen MR) is 69.5 cm³/mol. The van der Waals surface area contributed by atoms with E-state index in [0.717, 1.165) is 0 Å². The third-order valence-corrected chi connectivity index (χ3v) is 2.71. The van der Waals surface area contributed by atoms with Gasteiger partial charge in [-0.05, 0) is 43.7 Å². The Balaban J connectivity index is 2.18. The fourth-order valence-electron chi connectivity index (χ4n) is 1.75. The number of carbonyl (C=O) groups excluding carboxylic acids is 1. The molecule has 19 heavy (non-hydrogen) atoms. The summed E-state index contributed by atoms with van der Waals surface area (Å²) in [5, 5.41) is 11.6. The average Bonchev–Trinajstić information content (AvgIpc) is 2.75. The highest BCUT2D eigenvalue weighted by Gasteiger charge is 2.11. The Kier molecular flexibility index (Phi) is 3.37. The minimum absolute atomic E-state index is 0.220. The highest BCUT2D eigenvalue weighted by molar-refractivity contribution is 6.04. The van der Waals surface area contributed by atoms with E-state index in [9.17, 15) is 9.59 Å². The molecule has 2 aromatic rings. The standard InChI is InChI=1S/C14H13NO4/c1-8-5-11(3-4-12(8)14(17)18)15-13(16)10-6-9(2)19-7-10/h3-7H,1-2H3,(H,15,16)(H,17,18). The molecule has 0 bridgehead atoms. The Labute approximate surface area is 109 Å². The van der Waals surface area contributed by atoms with Gasteiger partial charge in [0.05, 0.1) is 11.1 Å². The molecule has 1 aromatic carbocycles. The fourth-order valence-corrected chi connectivity index (χ4v) is 1.75. The Hall–Kier alpha value is -2.56. The molecule has 0 spiro atoms. The lowest BCUT2D eigenvalue weighted by atomic mass is 10.1. The van der Waals surface area contributed by atoms with Crippen molar-refractivity contribution in [2.75, 3.05) is 5.32 Å². The maximum absolute atomic E-state index is 11.9. The van der Waals surface area contributed by atoms with Crippen LogP contribution in [-0.2, 0) is 0 Å². The van der Waals surface area contributed by atoms with Gasteiger partial charge in [-0.3, -0.25) is 4.79 Å². The number of nitrogens with one attached hydrogen (secondary N) is 1. The van der Waals surface area contributed by atoms with E-state index in [4.69, 9.17) is 9.52 Å². The summed E-state index contributed by atoms with van der Waals surface area (Å²) in [6, 6.07) is 6.28. The van der Waals surface area contributed by atoms with E-state index in [1.54, 1.807) is 32.0 Å². The van der Waals surface area contributed by atoms with E-state index >= 15 is 0 Å². The lowest BCUT2D eigenvalue weighted by Gasteiger charge is -2.06. The van der Waals surface area contributed by atoms with Crippen LogP contribution in [0.5, 0.6) is 0 Å². The molecule has 2 N–H and O–H groups in total. The molecule has 98 valence electrons. The quantitative estimate of drug-likeness (QED) is 0.888. The summed E-state index contributed by atoms with van der Waals surface area (Å²) < 4.78 is 5.06. The Bertz CT molecular complexity index is 643. The lowest BCUT2D eigenvalue weighted by Crippen LogP contribution is -2.11. The van der Waals surface area contributed by atoms with E-state index in [0.29, 0.717) is 22.6 Å². The van der Waals surface area contributed by atoms with Gasteiger partial charge in [0.1, 0.15) is 12.0 Å². The van der Waals surface area contributed by atoms with Crippen molar-refractivity contribution in [1.29, 1.82) is 0 Å². The molecule has 0 saturated carbocycles. The second-order valence-corrected chi connectivity index (χ2v) is 4.24. The Morgan fingerprint density at radius 1 is 1.21 bits per heavy atom. The van der Waals surface area contributed by atoms with Crippen molar-refractivity contribution < 1.29 is 19.1 Å². The molecule has 0 saturated heterocycles. The van der Waals surface area contributed by atoms with Crippen LogP contribution < -0.4 is 5.32 Å². The van der Waals surface area contributed by atoms with E-state index in [1.165, 1.54) is 12.3 Å². The van der Waals surface area contributed by atoms with Gasteiger partial charge in [-0.15, -0.1) is 0 Å². The molecule has 1 heterocycles. The van der Waals surface area contributed by atoms with Gasteiger partial charge in [0.15, 0.2) is 0 Å². The number of carbonyl (C=O) groups is 2. The van der Waals surface area contributed by atoms with Gasteiger partial charge >= 0.3 is 5.97 Å². The van der Waals surface area contributed by atoms with E-state index in [-0.39, 0.29) is 11.5 Å². The van der Waals surface area contributed by atoms with Crippen molar-refractivity contribution in [2.24, 2.45) is 0 Å². The average molecular weight is 259 g/mol. The number of aromatic carboxylic acids is 1. The van der Waals surface area contributed by atoms with Crippen molar-refractivity contribution in [1.82, 2.24) is 0 Å². The number of rotatable bonds is 3. The normalized spacial score (nSPS) is 10.2. The number of furan rings is 1. The maximum atomic E-state index is 11.9. The topological polar surface area (TPSA) is 79.5 Å². The van der Waals surface area contributed by atoms with Gasteiger partial charge < -0.3 is 14.8 Å². The Morgan fingerprint density at radius 3 is 2.47 bits per heavy atom. The summed E-state index contributed by atoms with van der Waals surface area (Å²) in [5.41, 5.74) is 1.79. The summed E-state index contributed by atoms with van der Waals surface area (Å²) >= 11 is 0. The molecule has 0 aliphatic rings. The fraction of sp³-hybridized carbons (Fsp3) is 0.143. The van der Waals surface area contributed by atoms with E-state index in [1.807, 2.05) is 0 Å². The molecule has 5 nitrogen and oxygen atoms in total. The SMILES string of the molecule is Cc1cc(C(=O)Nc2ccc(C(=O)O)c(C)c2)co1. The molecule has 0 fully saturated rings. The predicted octanol–water partition coefficient (Wildman–Crippen LogP) is 2.85. The lowest BCUT2D eigenvalue weighted by molar-refractivity contribution is 0.0696. The van der Waals surface area contributed by atoms with Gasteiger partial charge in [-0.2, -0.15) is 0 Å². The first-order chi connectivity index (χ1) is 8.97. The van der Waals surface area contributed by atoms with Crippen molar-refractivity contribution >= 4 is 17.6 Å². The summed E-state index contributed by atoms with van der Waals surface area (Å²) in [5.74, 6) is -0.622. The van der Waals surface area contributed by atoms with Gasteiger partial charge in [-0.25, -0.2) is 4.79 Å². The van der Waals surface area contributed by atoms with Crippen LogP contribution in [0.15, 0.2) is 34.9 Å². The zero-order valence-electron chi connectivity index (χ0n) is 10.6. The first kappa shape index (κ1) is 12.9. The molecule has 0 aliphatic heterocycles. The molecule has 0 unspecified atom stereocenters. The van der Waals surface area contributed by atoms with E-state index < -0.39 is 5.97 Å². The van der Waals surface area contributed by atoms with Crippen LogP contribution in [0.3, 0.4) is 0 Å². The van der Waals surface area contributed by atoms with Crippen molar-refractivity contribution in [3.8, 4) is 0 Å². The first-order valence-electron chi connectivity index (χ1n) is 5.68. The van der Waals surface area contributed by atoms with Crippen LogP contribution in [0, 0.1) is 13.8 Å². The second kappa shape index (κ2) is 4.97. The third-order valence-electron chi connectivity index (χ3n) is 2.71. The number of carboxylic acid groups (broad SMARTS) is 1. The number of hydrogen-bond donors (Lipinski definition) is 2. The van der Waals surface area contributed by atoms with Crippen LogP contribution in [0.25, 0.3) is 0 Å². The van der Waals surface area contributed by atoms with E-state index in [2.05, 4.69) is 5.32 Å². The van der Waals surface area contributed by atoms with Crippen molar-refractivity contribution in [3.05, 3.63) is 53.0 Å². The molecular weight excluding hydrogens is 246 g/mol. The van der Waals surface area contributed by atoms with Gasteiger partial charge in [0.25, 0.3) is 5.91 Å². The third kappa shape index (κ3) is 2.82. The van der Waals surface area contributed by atoms with Crippen molar-refractivity contribution in [3.63, 3.8) is 0 Å². The molecule has 0 radical (unpaired) electrons. The van der Waals surface area contributed by atoms with Crippen LogP contribution in [-0.4, -0.2) is 17.0 Å². The van der Waals surface area contributed by atoms with Crippen LogP contribution in [0.1, 0.15) is 32.0 Å². The number of hydrogen-bond acceptors (Lipinski definition) is 3. The van der Waals surface area contributed by atoms with Gasteiger partial charge in [0, 0.05) is 5.69 Å².